The second-order valence-electron chi connectivity index (χ2n) is 3.71. The van der Waals surface area contributed by atoms with Crippen LogP contribution in [-0.2, 0) is 0 Å². The van der Waals surface area contributed by atoms with Gasteiger partial charge >= 0.3 is 0 Å². The Bertz CT molecular complexity index is 534. The molecule has 2 aromatic rings. The zero-order valence-corrected chi connectivity index (χ0v) is 10.1. The quantitative estimate of drug-likeness (QED) is 0.795. The van der Waals surface area contributed by atoms with Crippen molar-refractivity contribution in [2.24, 2.45) is 0 Å². The highest BCUT2D eigenvalue weighted by molar-refractivity contribution is 5.67. The van der Waals surface area contributed by atoms with Gasteiger partial charge in [-0.05, 0) is 26.0 Å². The van der Waals surface area contributed by atoms with E-state index in [1.165, 1.54) is 0 Å². The Labute approximate surface area is 99.7 Å². The van der Waals surface area contributed by atoms with Crippen LogP contribution >= 0.6 is 0 Å². The Kier molecular flexibility index (Phi) is 2.91. The second kappa shape index (κ2) is 4.37. The summed E-state index contributed by atoms with van der Waals surface area (Å²) in [6, 6.07) is 5.40. The van der Waals surface area contributed by atoms with Gasteiger partial charge in [0, 0.05) is 11.8 Å². The van der Waals surface area contributed by atoms with Crippen LogP contribution in [0.5, 0.6) is 5.75 Å². The molecule has 5 nitrogen and oxygen atoms in total. The highest BCUT2D eigenvalue weighted by atomic mass is 16.5. The largest absolute Gasteiger partial charge is 0.496 e. The molecule has 1 aromatic carbocycles. The molecule has 0 unspecified atom stereocenters. The van der Waals surface area contributed by atoms with Gasteiger partial charge in [0.15, 0.2) is 5.82 Å². The summed E-state index contributed by atoms with van der Waals surface area (Å²) in [4.78, 5) is 12.7. The van der Waals surface area contributed by atoms with Gasteiger partial charge in [-0.3, -0.25) is 0 Å². The SMILES string of the molecule is COc1cc(N)ccc1-c1nc(C)nc(C)n1. The van der Waals surface area contributed by atoms with Gasteiger partial charge in [-0.1, -0.05) is 0 Å². The van der Waals surface area contributed by atoms with E-state index < -0.39 is 0 Å². The van der Waals surface area contributed by atoms with Gasteiger partial charge in [0.25, 0.3) is 0 Å². The first-order chi connectivity index (χ1) is 8.10. The minimum Gasteiger partial charge on any atom is -0.496 e. The Balaban J connectivity index is 2.59. The average Bonchev–Trinajstić information content (AvgIpc) is 2.27. The summed E-state index contributed by atoms with van der Waals surface area (Å²) >= 11 is 0. The first-order valence-corrected chi connectivity index (χ1v) is 5.23. The number of aromatic nitrogens is 3. The van der Waals surface area contributed by atoms with E-state index in [1.54, 1.807) is 19.2 Å². The van der Waals surface area contributed by atoms with Crippen molar-refractivity contribution in [3.8, 4) is 17.1 Å². The predicted octanol–water partition coefficient (Wildman–Crippen LogP) is 1.75. The van der Waals surface area contributed by atoms with Crippen molar-refractivity contribution in [2.75, 3.05) is 12.8 Å². The number of rotatable bonds is 2. The second-order valence-corrected chi connectivity index (χ2v) is 3.71. The van der Waals surface area contributed by atoms with Crippen molar-refractivity contribution < 1.29 is 4.74 Å². The molecule has 88 valence electrons. The van der Waals surface area contributed by atoms with Crippen molar-refractivity contribution in [2.45, 2.75) is 13.8 Å². The molecule has 1 heterocycles. The Morgan fingerprint density at radius 1 is 1.06 bits per heavy atom. The number of nitrogen functional groups attached to an aromatic ring is 1. The number of nitrogens with zero attached hydrogens (tertiary/aromatic N) is 3. The lowest BCUT2D eigenvalue weighted by Crippen LogP contribution is -2.00. The molecule has 0 amide bonds. The van der Waals surface area contributed by atoms with E-state index in [-0.39, 0.29) is 0 Å². The van der Waals surface area contributed by atoms with E-state index in [9.17, 15) is 0 Å². The van der Waals surface area contributed by atoms with Crippen LogP contribution in [0.3, 0.4) is 0 Å². The van der Waals surface area contributed by atoms with Crippen LogP contribution in [-0.4, -0.2) is 22.1 Å². The molecule has 0 bridgehead atoms. The molecule has 2 N–H and O–H groups in total. The number of anilines is 1. The van der Waals surface area contributed by atoms with E-state index >= 15 is 0 Å². The topological polar surface area (TPSA) is 73.9 Å². The molecule has 0 radical (unpaired) electrons. The summed E-state index contributed by atoms with van der Waals surface area (Å²) in [5, 5.41) is 0. The lowest BCUT2D eigenvalue weighted by atomic mass is 10.1. The van der Waals surface area contributed by atoms with Gasteiger partial charge in [0.05, 0.1) is 12.7 Å². The molecule has 0 aliphatic rings. The maximum atomic E-state index is 5.71. The predicted molar refractivity (Wildman–Crippen MR) is 65.7 cm³/mol. The van der Waals surface area contributed by atoms with Crippen LogP contribution in [0.15, 0.2) is 18.2 Å². The zero-order valence-electron chi connectivity index (χ0n) is 10.1. The molecule has 0 saturated heterocycles. The molecule has 0 atom stereocenters. The van der Waals surface area contributed by atoms with E-state index in [1.807, 2.05) is 19.9 Å². The van der Waals surface area contributed by atoms with Crippen molar-refractivity contribution >= 4 is 5.69 Å². The minimum atomic E-state index is 0.604. The fraction of sp³-hybridized carbons (Fsp3) is 0.250. The molecule has 0 aliphatic carbocycles. The summed E-state index contributed by atoms with van der Waals surface area (Å²) in [6.07, 6.45) is 0. The maximum Gasteiger partial charge on any atom is 0.167 e. The first-order valence-electron chi connectivity index (χ1n) is 5.23. The van der Waals surface area contributed by atoms with Crippen LogP contribution in [0.1, 0.15) is 11.6 Å². The number of benzene rings is 1. The van der Waals surface area contributed by atoms with Crippen LogP contribution in [0.25, 0.3) is 11.4 Å². The first kappa shape index (κ1) is 11.3. The third-order valence-electron chi connectivity index (χ3n) is 2.33. The van der Waals surface area contributed by atoms with Gasteiger partial charge in [0.1, 0.15) is 17.4 Å². The fourth-order valence-electron chi connectivity index (χ4n) is 1.63. The molecule has 0 saturated carbocycles. The summed E-state index contributed by atoms with van der Waals surface area (Å²) in [7, 11) is 1.60. The Morgan fingerprint density at radius 3 is 2.29 bits per heavy atom. The highest BCUT2D eigenvalue weighted by Gasteiger charge is 2.10. The monoisotopic (exact) mass is 230 g/mol. The summed E-state index contributed by atoms with van der Waals surface area (Å²) in [6.45, 7) is 3.67. The van der Waals surface area contributed by atoms with Gasteiger partial charge in [-0.2, -0.15) is 0 Å². The average molecular weight is 230 g/mol. The number of aryl methyl sites for hydroxylation is 2. The molecule has 0 aliphatic heterocycles. The third-order valence-corrected chi connectivity index (χ3v) is 2.33. The van der Waals surface area contributed by atoms with Gasteiger partial charge in [-0.15, -0.1) is 0 Å². The van der Waals surface area contributed by atoms with Crippen molar-refractivity contribution in [3.05, 3.63) is 29.8 Å². The van der Waals surface area contributed by atoms with E-state index in [4.69, 9.17) is 10.5 Å². The van der Waals surface area contributed by atoms with E-state index in [0.717, 1.165) is 5.56 Å². The van der Waals surface area contributed by atoms with Crippen LogP contribution in [0.2, 0.25) is 0 Å². The summed E-state index contributed by atoms with van der Waals surface area (Å²) < 4.78 is 5.28. The number of methoxy groups -OCH3 is 1. The van der Waals surface area contributed by atoms with Gasteiger partial charge < -0.3 is 10.5 Å². The molecule has 0 fully saturated rings. The molecular formula is C12H14N4O. The minimum absolute atomic E-state index is 0.604. The molecule has 0 spiro atoms. The summed E-state index contributed by atoms with van der Waals surface area (Å²) in [5.41, 5.74) is 7.17. The van der Waals surface area contributed by atoms with Crippen LogP contribution in [0, 0.1) is 13.8 Å². The fourth-order valence-corrected chi connectivity index (χ4v) is 1.63. The Hall–Kier alpha value is -2.17. The molecule has 17 heavy (non-hydrogen) atoms. The normalized spacial score (nSPS) is 10.3. The van der Waals surface area contributed by atoms with E-state index in [2.05, 4.69) is 15.0 Å². The Morgan fingerprint density at radius 2 is 1.71 bits per heavy atom. The van der Waals surface area contributed by atoms with Crippen molar-refractivity contribution in [1.29, 1.82) is 0 Å². The van der Waals surface area contributed by atoms with Crippen LogP contribution < -0.4 is 10.5 Å². The lowest BCUT2D eigenvalue weighted by molar-refractivity contribution is 0.416. The smallest absolute Gasteiger partial charge is 0.167 e. The number of hydrogen-bond donors (Lipinski definition) is 1. The van der Waals surface area contributed by atoms with Crippen molar-refractivity contribution in [3.63, 3.8) is 0 Å². The lowest BCUT2D eigenvalue weighted by Gasteiger charge is -2.08. The van der Waals surface area contributed by atoms with E-state index in [0.29, 0.717) is 28.9 Å². The highest BCUT2D eigenvalue weighted by Crippen LogP contribution is 2.29. The molecule has 1 aromatic heterocycles. The molecule has 2 rings (SSSR count). The number of hydrogen-bond acceptors (Lipinski definition) is 5. The van der Waals surface area contributed by atoms with Gasteiger partial charge in [-0.25, -0.2) is 15.0 Å². The third kappa shape index (κ3) is 2.33. The van der Waals surface area contributed by atoms with Crippen molar-refractivity contribution in [1.82, 2.24) is 15.0 Å². The number of nitrogens with two attached hydrogens (primary N) is 1. The summed E-state index contributed by atoms with van der Waals surface area (Å²) in [5.74, 6) is 2.64. The molecular weight excluding hydrogens is 216 g/mol. The molecule has 5 heteroatoms. The van der Waals surface area contributed by atoms with Crippen LogP contribution in [0.4, 0.5) is 5.69 Å². The standard InChI is InChI=1S/C12H14N4O/c1-7-14-8(2)16-12(15-7)10-5-4-9(13)6-11(10)17-3/h4-6H,13H2,1-3H3. The zero-order chi connectivity index (χ0) is 12.4. The number of ether oxygens (including phenoxy) is 1. The van der Waals surface area contributed by atoms with Gasteiger partial charge in [0.2, 0.25) is 0 Å². The maximum absolute atomic E-state index is 5.71.